The number of anilines is 1. The van der Waals surface area contributed by atoms with Gasteiger partial charge in [0.25, 0.3) is 0 Å². The zero-order chi connectivity index (χ0) is 17.6. The molecular formula is C17H18N4O4. The Morgan fingerprint density at radius 3 is 2.96 bits per heavy atom. The Morgan fingerprint density at radius 2 is 2.24 bits per heavy atom. The highest BCUT2D eigenvalue weighted by molar-refractivity contribution is 5.94. The Hall–Kier alpha value is -3.03. The van der Waals surface area contributed by atoms with E-state index in [1.54, 1.807) is 15.8 Å². The quantitative estimate of drug-likeness (QED) is 0.909. The van der Waals surface area contributed by atoms with Gasteiger partial charge in [-0.1, -0.05) is 6.07 Å². The number of nitrogens with one attached hydrogen (secondary N) is 1. The van der Waals surface area contributed by atoms with Crippen molar-refractivity contribution in [2.24, 2.45) is 7.05 Å². The van der Waals surface area contributed by atoms with Crippen LogP contribution in [0.2, 0.25) is 0 Å². The highest BCUT2D eigenvalue weighted by Gasteiger charge is 2.46. The lowest BCUT2D eigenvalue weighted by Gasteiger charge is -2.31. The van der Waals surface area contributed by atoms with E-state index >= 15 is 0 Å². The zero-order valence-electron chi connectivity index (χ0n) is 13.9. The summed E-state index contributed by atoms with van der Waals surface area (Å²) in [6.07, 6.45) is 2.85. The summed E-state index contributed by atoms with van der Waals surface area (Å²) >= 11 is 0. The van der Waals surface area contributed by atoms with Crippen molar-refractivity contribution in [3.05, 3.63) is 30.6 Å². The molecule has 1 aromatic heterocycles. The second-order valence-corrected chi connectivity index (χ2v) is 6.19. The molecule has 4 rings (SSSR count). The second-order valence-electron chi connectivity index (χ2n) is 6.19. The van der Waals surface area contributed by atoms with Gasteiger partial charge in [-0.05, 0) is 17.7 Å². The normalized spacial score (nSPS) is 21.2. The van der Waals surface area contributed by atoms with E-state index in [4.69, 9.17) is 9.47 Å². The average molecular weight is 342 g/mol. The lowest BCUT2D eigenvalue weighted by molar-refractivity contribution is -0.119. The molecule has 2 atom stereocenters. The van der Waals surface area contributed by atoms with Crippen LogP contribution < -0.4 is 15.0 Å². The summed E-state index contributed by atoms with van der Waals surface area (Å²) in [4.78, 5) is 25.0. The minimum absolute atomic E-state index is 0.160. The monoisotopic (exact) mass is 342 g/mol. The van der Waals surface area contributed by atoms with Gasteiger partial charge in [0, 0.05) is 25.7 Å². The van der Waals surface area contributed by atoms with E-state index in [1.807, 2.05) is 31.4 Å². The van der Waals surface area contributed by atoms with Crippen molar-refractivity contribution < 1.29 is 19.1 Å². The van der Waals surface area contributed by atoms with Crippen molar-refractivity contribution in [3.8, 4) is 16.9 Å². The van der Waals surface area contributed by atoms with E-state index in [0.29, 0.717) is 18.0 Å². The van der Waals surface area contributed by atoms with Crippen LogP contribution >= 0.6 is 0 Å². The first kappa shape index (κ1) is 15.5. The standard InChI is InChI=1S/C17H18N4O4/c1-10(22)18-7-16-14-9-24-15-5-11(12-6-19-20(2)8-12)3-4-13(15)21(14)17(23)25-16/h3-6,8,14,16H,7,9H2,1-2H3,(H,18,22). The predicted octanol–water partition coefficient (Wildman–Crippen LogP) is 1.31. The zero-order valence-corrected chi connectivity index (χ0v) is 13.9. The molecule has 8 heteroatoms. The Bertz CT molecular complexity index is 847. The van der Waals surface area contributed by atoms with Gasteiger partial charge in [0.1, 0.15) is 24.5 Å². The van der Waals surface area contributed by atoms with Crippen molar-refractivity contribution in [2.75, 3.05) is 18.1 Å². The number of rotatable bonds is 3. The number of hydrogen-bond donors (Lipinski definition) is 1. The second kappa shape index (κ2) is 5.80. The van der Waals surface area contributed by atoms with E-state index in [2.05, 4.69) is 10.4 Å². The van der Waals surface area contributed by atoms with E-state index in [-0.39, 0.29) is 18.5 Å². The number of carbonyl (C=O) groups is 2. The molecule has 1 N–H and O–H groups in total. The SMILES string of the molecule is CC(=O)NCC1OC(=O)N2c3ccc(-c4cnn(C)c4)cc3OCC12. The van der Waals surface area contributed by atoms with Crippen molar-refractivity contribution in [1.82, 2.24) is 15.1 Å². The number of amides is 2. The first-order chi connectivity index (χ1) is 12.0. The highest BCUT2D eigenvalue weighted by Crippen LogP contribution is 2.40. The number of nitrogens with zero attached hydrogens (tertiary/aromatic N) is 3. The molecule has 0 spiro atoms. The molecule has 2 unspecified atom stereocenters. The maximum absolute atomic E-state index is 12.3. The topological polar surface area (TPSA) is 85.7 Å². The number of benzene rings is 1. The lowest BCUT2D eigenvalue weighted by Crippen LogP contribution is -2.47. The molecule has 1 aromatic carbocycles. The number of hydrogen-bond acceptors (Lipinski definition) is 5. The molecule has 1 fully saturated rings. The van der Waals surface area contributed by atoms with Crippen molar-refractivity contribution in [3.63, 3.8) is 0 Å². The number of fused-ring (bicyclic) bond motifs is 3. The van der Waals surface area contributed by atoms with E-state index in [9.17, 15) is 9.59 Å². The molecule has 3 heterocycles. The fourth-order valence-electron chi connectivity index (χ4n) is 3.20. The number of cyclic esters (lactones) is 1. The fourth-order valence-corrected chi connectivity index (χ4v) is 3.20. The molecule has 0 radical (unpaired) electrons. The van der Waals surface area contributed by atoms with E-state index < -0.39 is 12.2 Å². The van der Waals surface area contributed by atoms with Crippen LogP contribution in [0.5, 0.6) is 5.75 Å². The van der Waals surface area contributed by atoms with Gasteiger partial charge < -0.3 is 14.8 Å². The average Bonchev–Trinajstić information content (AvgIpc) is 3.16. The van der Waals surface area contributed by atoms with Crippen LogP contribution in [-0.4, -0.2) is 47.1 Å². The minimum atomic E-state index is -0.428. The molecule has 2 aliphatic rings. The lowest BCUT2D eigenvalue weighted by atomic mass is 10.0. The van der Waals surface area contributed by atoms with Crippen molar-refractivity contribution >= 4 is 17.7 Å². The van der Waals surface area contributed by atoms with Crippen LogP contribution in [-0.2, 0) is 16.6 Å². The number of carbonyl (C=O) groups excluding carboxylic acids is 2. The molecule has 2 aromatic rings. The molecule has 1 saturated heterocycles. The molecule has 0 bridgehead atoms. The molecule has 2 aliphatic heterocycles. The molecule has 25 heavy (non-hydrogen) atoms. The van der Waals surface area contributed by atoms with Crippen LogP contribution in [0.3, 0.4) is 0 Å². The summed E-state index contributed by atoms with van der Waals surface area (Å²) in [6.45, 7) is 2.02. The first-order valence-corrected chi connectivity index (χ1v) is 8.03. The first-order valence-electron chi connectivity index (χ1n) is 8.03. The maximum Gasteiger partial charge on any atom is 0.415 e. The fraction of sp³-hybridized carbons (Fsp3) is 0.353. The Morgan fingerprint density at radius 1 is 1.40 bits per heavy atom. The Balaban J connectivity index is 1.61. The van der Waals surface area contributed by atoms with Gasteiger partial charge in [-0.2, -0.15) is 5.10 Å². The van der Waals surface area contributed by atoms with Gasteiger partial charge in [0.2, 0.25) is 5.91 Å². The van der Waals surface area contributed by atoms with Gasteiger partial charge in [-0.15, -0.1) is 0 Å². The third-order valence-electron chi connectivity index (χ3n) is 4.43. The van der Waals surface area contributed by atoms with Crippen molar-refractivity contribution in [1.29, 1.82) is 0 Å². The molecule has 130 valence electrons. The summed E-state index contributed by atoms with van der Waals surface area (Å²) in [7, 11) is 1.86. The largest absolute Gasteiger partial charge is 0.489 e. The van der Waals surface area contributed by atoms with Gasteiger partial charge in [0.15, 0.2) is 0 Å². The Labute approximate surface area is 144 Å². The summed E-state index contributed by atoms with van der Waals surface area (Å²) < 4.78 is 13.0. The third-order valence-corrected chi connectivity index (χ3v) is 4.43. The highest BCUT2D eigenvalue weighted by atomic mass is 16.6. The summed E-state index contributed by atoms with van der Waals surface area (Å²) in [5.74, 6) is 0.475. The molecule has 0 saturated carbocycles. The predicted molar refractivity (Wildman–Crippen MR) is 89.4 cm³/mol. The summed E-state index contributed by atoms with van der Waals surface area (Å²) in [5.41, 5.74) is 2.62. The molecule has 2 amide bonds. The smallest absolute Gasteiger partial charge is 0.415 e. The van der Waals surface area contributed by atoms with Crippen LogP contribution in [0.1, 0.15) is 6.92 Å². The van der Waals surface area contributed by atoms with Gasteiger partial charge in [-0.25, -0.2) is 4.79 Å². The van der Waals surface area contributed by atoms with Crippen LogP contribution in [0, 0.1) is 0 Å². The maximum atomic E-state index is 12.3. The number of aromatic nitrogens is 2. The van der Waals surface area contributed by atoms with Crippen LogP contribution in [0.25, 0.3) is 11.1 Å². The summed E-state index contributed by atoms with van der Waals surface area (Å²) in [6, 6.07) is 5.43. The summed E-state index contributed by atoms with van der Waals surface area (Å²) in [5, 5.41) is 6.86. The van der Waals surface area contributed by atoms with E-state index in [0.717, 1.165) is 11.1 Å². The number of ether oxygens (including phenoxy) is 2. The van der Waals surface area contributed by atoms with Crippen LogP contribution in [0.4, 0.5) is 10.5 Å². The van der Waals surface area contributed by atoms with Crippen molar-refractivity contribution in [2.45, 2.75) is 19.1 Å². The van der Waals surface area contributed by atoms with Gasteiger partial charge in [0.05, 0.1) is 18.4 Å². The van der Waals surface area contributed by atoms with E-state index in [1.165, 1.54) is 6.92 Å². The third kappa shape index (κ3) is 2.69. The number of aryl methyl sites for hydroxylation is 1. The molecular weight excluding hydrogens is 324 g/mol. The molecule has 0 aliphatic carbocycles. The molecule has 8 nitrogen and oxygen atoms in total. The van der Waals surface area contributed by atoms with Gasteiger partial charge in [-0.3, -0.25) is 14.4 Å². The van der Waals surface area contributed by atoms with Crippen LogP contribution in [0.15, 0.2) is 30.6 Å². The Kier molecular flexibility index (Phi) is 3.60. The van der Waals surface area contributed by atoms with Gasteiger partial charge >= 0.3 is 6.09 Å². The minimum Gasteiger partial charge on any atom is -0.489 e.